The molecule has 4 rings (SSSR count). The molecule has 0 atom stereocenters. The van der Waals surface area contributed by atoms with E-state index in [4.69, 9.17) is 17.0 Å². The van der Waals surface area contributed by atoms with Crippen molar-refractivity contribution < 1.29 is 4.74 Å². The smallest absolute Gasteiger partial charge is 0.128 e. The molecule has 1 heterocycles. The Morgan fingerprint density at radius 3 is 2.20 bits per heavy atom. The Kier molecular flexibility index (Phi) is 6.68. The molecule has 30 heavy (non-hydrogen) atoms. The lowest BCUT2D eigenvalue weighted by Gasteiger charge is -2.11. The van der Waals surface area contributed by atoms with Crippen molar-refractivity contribution in [1.82, 2.24) is 9.97 Å². The van der Waals surface area contributed by atoms with Crippen LogP contribution in [0.1, 0.15) is 16.7 Å². The number of rotatable bonds is 9. The van der Waals surface area contributed by atoms with Gasteiger partial charge >= 0.3 is 0 Å². The number of nitrogens with zero attached hydrogens (tertiary/aromatic N) is 1. The number of aromatic amines is 1. The molecular weight excluding hydrogens is 388 g/mol. The largest absolute Gasteiger partial charge is 0.493 e. The van der Waals surface area contributed by atoms with Crippen molar-refractivity contribution in [3.8, 4) is 17.0 Å². The zero-order valence-electron chi connectivity index (χ0n) is 16.8. The van der Waals surface area contributed by atoms with Gasteiger partial charge in [-0.2, -0.15) is 0 Å². The summed E-state index contributed by atoms with van der Waals surface area (Å²) in [6, 6.07) is 27.1. The molecule has 0 unspecified atom stereocenters. The van der Waals surface area contributed by atoms with E-state index in [1.165, 1.54) is 16.7 Å². The minimum absolute atomic E-state index is 0.622. The molecule has 0 saturated heterocycles. The molecule has 0 aliphatic rings. The van der Waals surface area contributed by atoms with Gasteiger partial charge in [-0.1, -0.05) is 78.9 Å². The Morgan fingerprint density at radius 2 is 1.47 bits per heavy atom. The summed E-state index contributed by atoms with van der Waals surface area (Å²) >= 11 is 5.59. The molecule has 4 heteroatoms. The van der Waals surface area contributed by atoms with Gasteiger partial charge in [-0.05, 0) is 28.8 Å². The van der Waals surface area contributed by atoms with Crippen LogP contribution in [-0.2, 0) is 19.3 Å². The lowest BCUT2D eigenvalue weighted by atomic mass is 10.0. The molecule has 0 bridgehead atoms. The Morgan fingerprint density at radius 1 is 0.800 bits per heavy atom. The fourth-order valence-corrected chi connectivity index (χ4v) is 3.77. The number of thiocarbonyl (C=S) groups is 1. The molecule has 0 radical (unpaired) electrons. The van der Waals surface area contributed by atoms with E-state index in [2.05, 4.69) is 58.5 Å². The fraction of sp³-hybridized carbons (Fsp3) is 0.154. The first-order chi connectivity index (χ1) is 14.8. The normalized spacial score (nSPS) is 10.7. The van der Waals surface area contributed by atoms with Crippen LogP contribution in [0.4, 0.5) is 0 Å². The van der Waals surface area contributed by atoms with Crippen LogP contribution in [0, 0.1) is 0 Å². The maximum absolute atomic E-state index is 6.06. The minimum Gasteiger partial charge on any atom is -0.493 e. The van der Waals surface area contributed by atoms with Gasteiger partial charge in [0.1, 0.15) is 5.75 Å². The van der Waals surface area contributed by atoms with Crippen molar-refractivity contribution in [2.24, 2.45) is 0 Å². The third-order valence-corrected chi connectivity index (χ3v) is 5.28. The third-order valence-electron chi connectivity index (χ3n) is 4.99. The van der Waals surface area contributed by atoms with E-state index in [1.54, 1.807) is 6.33 Å². The van der Waals surface area contributed by atoms with Gasteiger partial charge < -0.3 is 9.72 Å². The molecule has 0 amide bonds. The van der Waals surface area contributed by atoms with E-state index in [1.807, 2.05) is 36.5 Å². The summed E-state index contributed by atoms with van der Waals surface area (Å²) in [6.45, 7) is 0.622. The van der Waals surface area contributed by atoms with Crippen LogP contribution in [0.25, 0.3) is 11.3 Å². The topological polar surface area (TPSA) is 37.9 Å². The molecule has 0 aliphatic heterocycles. The maximum Gasteiger partial charge on any atom is 0.128 e. The number of aromatic nitrogens is 2. The molecular formula is C26H24N2OS. The van der Waals surface area contributed by atoms with E-state index in [0.29, 0.717) is 6.61 Å². The molecule has 0 spiro atoms. The number of hydrogen-bond acceptors (Lipinski definition) is 3. The molecule has 3 nitrogen and oxygen atoms in total. The average molecular weight is 413 g/mol. The van der Waals surface area contributed by atoms with Crippen LogP contribution in [0.3, 0.4) is 0 Å². The zero-order valence-corrected chi connectivity index (χ0v) is 17.6. The lowest BCUT2D eigenvalue weighted by Crippen LogP contribution is -2.05. The second-order valence-corrected chi connectivity index (χ2v) is 7.83. The second-order valence-electron chi connectivity index (χ2n) is 7.25. The fourth-order valence-electron chi connectivity index (χ4n) is 3.43. The van der Waals surface area contributed by atoms with E-state index in [9.17, 15) is 0 Å². The summed E-state index contributed by atoms with van der Waals surface area (Å²) in [6.07, 6.45) is 6.02. The van der Waals surface area contributed by atoms with Gasteiger partial charge in [0.25, 0.3) is 0 Å². The van der Waals surface area contributed by atoms with E-state index in [-0.39, 0.29) is 0 Å². The highest BCUT2D eigenvalue weighted by Crippen LogP contribution is 2.28. The first kappa shape index (κ1) is 20.0. The highest BCUT2D eigenvalue weighted by molar-refractivity contribution is 7.80. The number of benzene rings is 3. The summed E-state index contributed by atoms with van der Waals surface area (Å²) in [5.74, 6) is 0.865. The molecule has 0 saturated carbocycles. The molecule has 1 aromatic heterocycles. The quantitative estimate of drug-likeness (QED) is 0.350. The van der Waals surface area contributed by atoms with Crippen LogP contribution in [0.5, 0.6) is 5.75 Å². The SMILES string of the molecule is S=C(Cc1ccccc1)Cc1ccc(CCOc2ccccc2-c2cnc[nH]2)cc1. The first-order valence-corrected chi connectivity index (χ1v) is 10.5. The van der Waals surface area contributed by atoms with E-state index < -0.39 is 0 Å². The van der Waals surface area contributed by atoms with Crippen molar-refractivity contribution in [1.29, 1.82) is 0 Å². The Bertz CT molecular complexity index is 1070. The van der Waals surface area contributed by atoms with E-state index in [0.717, 1.165) is 41.1 Å². The van der Waals surface area contributed by atoms with Crippen LogP contribution < -0.4 is 4.74 Å². The number of H-pyrrole nitrogens is 1. The standard InChI is InChI=1S/C26H24N2OS/c30-23(16-21-6-2-1-3-7-21)17-22-12-10-20(11-13-22)14-15-29-26-9-5-4-8-24(26)25-18-27-19-28-25/h1-13,18-19H,14-17H2,(H,27,28). The molecule has 1 N–H and O–H groups in total. The van der Waals surface area contributed by atoms with Crippen molar-refractivity contribution in [2.75, 3.05) is 6.61 Å². The van der Waals surface area contributed by atoms with Gasteiger partial charge in [-0.15, -0.1) is 0 Å². The predicted molar refractivity (Wildman–Crippen MR) is 126 cm³/mol. The molecule has 0 fully saturated rings. The minimum atomic E-state index is 0.622. The Hall–Kier alpha value is -3.24. The second kappa shape index (κ2) is 9.99. The summed E-state index contributed by atoms with van der Waals surface area (Å²) in [5.41, 5.74) is 5.77. The van der Waals surface area contributed by atoms with Crippen LogP contribution in [-0.4, -0.2) is 21.4 Å². The van der Waals surface area contributed by atoms with Gasteiger partial charge in [0, 0.05) is 29.7 Å². The van der Waals surface area contributed by atoms with Gasteiger partial charge in [0.05, 0.1) is 24.8 Å². The summed E-state index contributed by atoms with van der Waals surface area (Å²) in [4.78, 5) is 8.30. The summed E-state index contributed by atoms with van der Waals surface area (Å²) in [7, 11) is 0. The van der Waals surface area contributed by atoms with E-state index >= 15 is 0 Å². The van der Waals surface area contributed by atoms with Crippen molar-refractivity contribution in [3.63, 3.8) is 0 Å². The number of ether oxygens (including phenoxy) is 1. The predicted octanol–water partition coefficient (Wildman–Crippen LogP) is 5.85. The number of hydrogen-bond donors (Lipinski definition) is 1. The highest BCUT2D eigenvalue weighted by Gasteiger charge is 2.07. The zero-order chi connectivity index (χ0) is 20.6. The van der Waals surface area contributed by atoms with Crippen LogP contribution >= 0.6 is 12.2 Å². The van der Waals surface area contributed by atoms with Gasteiger partial charge in [-0.3, -0.25) is 0 Å². The average Bonchev–Trinajstić information content (AvgIpc) is 3.31. The number of nitrogens with one attached hydrogen (secondary N) is 1. The van der Waals surface area contributed by atoms with Gasteiger partial charge in [-0.25, -0.2) is 4.98 Å². The maximum atomic E-state index is 6.06. The van der Waals surface area contributed by atoms with Crippen molar-refractivity contribution >= 4 is 17.1 Å². The lowest BCUT2D eigenvalue weighted by molar-refractivity contribution is 0.323. The van der Waals surface area contributed by atoms with Crippen molar-refractivity contribution in [3.05, 3.63) is 108 Å². The summed E-state index contributed by atoms with van der Waals surface area (Å²) in [5, 5.41) is 0. The molecule has 0 aliphatic carbocycles. The Labute approximate surface area is 182 Å². The summed E-state index contributed by atoms with van der Waals surface area (Å²) < 4.78 is 6.06. The van der Waals surface area contributed by atoms with Crippen LogP contribution in [0.2, 0.25) is 0 Å². The van der Waals surface area contributed by atoms with Gasteiger partial charge in [0.15, 0.2) is 0 Å². The van der Waals surface area contributed by atoms with Gasteiger partial charge in [0.2, 0.25) is 0 Å². The highest BCUT2D eigenvalue weighted by atomic mass is 32.1. The van der Waals surface area contributed by atoms with Crippen molar-refractivity contribution in [2.45, 2.75) is 19.3 Å². The molecule has 150 valence electrons. The van der Waals surface area contributed by atoms with Crippen LogP contribution in [0.15, 0.2) is 91.4 Å². The molecule has 4 aromatic rings. The third kappa shape index (κ3) is 5.43. The molecule has 3 aromatic carbocycles. The monoisotopic (exact) mass is 412 g/mol. The Balaban J connectivity index is 1.29. The number of para-hydroxylation sites is 1. The number of imidazole rings is 1. The first-order valence-electron chi connectivity index (χ1n) is 10.1.